The van der Waals surface area contributed by atoms with Gasteiger partial charge in [-0.2, -0.15) is 0 Å². The summed E-state index contributed by atoms with van der Waals surface area (Å²) in [5.74, 6) is -0.337. The molecule has 0 atom stereocenters. The number of rotatable bonds is 6. The predicted molar refractivity (Wildman–Crippen MR) is 68.1 cm³/mol. The fraction of sp³-hybridized carbons (Fsp3) is 0.462. The minimum Gasteiger partial charge on any atom is -0.480 e. The van der Waals surface area contributed by atoms with Crippen molar-refractivity contribution in [2.45, 2.75) is 12.8 Å². The normalized spacial score (nSPS) is 13.9. The summed E-state index contributed by atoms with van der Waals surface area (Å²) >= 11 is 0. The predicted octanol–water partition coefficient (Wildman–Crippen LogP) is 1.17. The van der Waals surface area contributed by atoms with Crippen molar-refractivity contribution >= 4 is 17.8 Å². The third kappa shape index (κ3) is 3.67. The van der Waals surface area contributed by atoms with E-state index in [2.05, 4.69) is 9.72 Å². The number of carboxylic acids is 1. The number of carboxylic acid groups (broad SMARTS) is 1. The van der Waals surface area contributed by atoms with Crippen LogP contribution in [0.15, 0.2) is 18.3 Å². The maximum absolute atomic E-state index is 11.5. The van der Waals surface area contributed by atoms with Gasteiger partial charge in [0.05, 0.1) is 12.7 Å². The number of esters is 1. The Balaban J connectivity index is 2.19. The van der Waals surface area contributed by atoms with Crippen molar-refractivity contribution in [3.8, 4) is 0 Å². The monoisotopic (exact) mass is 264 g/mol. The second kappa shape index (κ2) is 5.69. The molecule has 0 aromatic carbocycles. The van der Waals surface area contributed by atoms with E-state index in [1.807, 2.05) is 0 Å². The highest BCUT2D eigenvalue weighted by atomic mass is 16.5. The summed E-state index contributed by atoms with van der Waals surface area (Å²) in [5, 5.41) is 8.94. The molecule has 6 heteroatoms. The number of hydrogen-bond acceptors (Lipinski definition) is 5. The average molecular weight is 264 g/mol. The Morgan fingerprint density at radius 3 is 2.84 bits per heavy atom. The number of aliphatic carboxylic acids is 1. The highest BCUT2D eigenvalue weighted by Crippen LogP contribution is 2.31. The van der Waals surface area contributed by atoms with Crippen LogP contribution in [0.1, 0.15) is 23.2 Å². The zero-order valence-corrected chi connectivity index (χ0v) is 10.7. The van der Waals surface area contributed by atoms with E-state index in [-0.39, 0.29) is 6.54 Å². The third-order valence-electron chi connectivity index (χ3n) is 2.99. The number of nitrogens with zero attached hydrogens (tertiary/aromatic N) is 2. The van der Waals surface area contributed by atoms with Gasteiger partial charge in [0.25, 0.3) is 0 Å². The summed E-state index contributed by atoms with van der Waals surface area (Å²) in [6.45, 7) is 0.540. The molecule has 1 fully saturated rings. The van der Waals surface area contributed by atoms with Gasteiger partial charge in [0.2, 0.25) is 0 Å². The first-order valence-electron chi connectivity index (χ1n) is 6.11. The van der Waals surface area contributed by atoms with Crippen molar-refractivity contribution in [2.24, 2.45) is 5.92 Å². The van der Waals surface area contributed by atoms with Crippen molar-refractivity contribution in [1.29, 1.82) is 0 Å². The first-order chi connectivity index (χ1) is 9.10. The fourth-order valence-corrected chi connectivity index (χ4v) is 1.85. The number of hydrogen-bond donors (Lipinski definition) is 1. The van der Waals surface area contributed by atoms with E-state index < -0.39 is 11.9 Å². The molecule has 1 aliphatic carbocycles. The molecule has 0 saturated heterocycles. The number of methoxy groups -OCH3 is 1. The van der Waals surface area contributed by atoms with E-state index in [0.717, 1.165) is 12.8 Å². The Bertz CT molecular complexity index is 485. The van der Waals surface area contributed by atoms with E-state index in [4.69, 9.17) is 5.11 Å². The van der Waals surface area contributed by atoms with Crippen LogP contribution in [0.4, 0.5) is 5.82 Å². The molecule has 1 saturated carbocycles. The minimum atomic E-state index is -0.911. The molecule has 102 valence electrons. The van der Waals surface area contributed by atoms with Gasteiger partial charge < -0.3 is 14.7 Å². The molecule has 1 aliphatic rings. The van der Waals surface area contributed by atoms with Crippen LogP contribution >= 0.6 is 0 Å². The molecule has 1 aromatic heterocycles. The van der Waals surface area contributed by atoms with Gasteiger partial charge in [0.1, 0.15) is 12.4 Å². The largest absolute Gasteiger partial charge is 0.480 e. The molecule has 1 heterocycles. The van der Waals surface area contributed by atoms with Crippen LogP contribution in [-0.4, -0.2) is 42.2 Å². The van der Waals surface area contributed by atoms with Gasteiger partial charge in [-0.1, -0.05) is 0 Å². The minimum absolute atomic E-state index is 0.117. The number of carbonyl (C=O) groups is 2. The van der Waals surface area contributed by atoms with Crippen LogP contribution in [0.3, 0.4) is 0 Å². The van der Waals surface area contributed by atoms with Crippen molar-refractivity contribution in [1.82, 2.24) is 4.98 Å². The Labute approximate surface area is 111 Å². The summed E-state index contributed by atoms with van der Waals surface area (Å²) in [7, 11) is 1.31. The molecule has 0 bridgehead atoms. The number of ether oxygens (including phenoxy) is 1. The van der Waals surface area contributed by atoms with Crippen LogP contribution in [0.2, 0.25) is 0 Å². The van der Waals surface area contributed by atoms with Gasteiger partial charge in [0.15, 0.2) is 0 Å². The summed E-state index contributed by atoms with van der Waals surface area (Å²) in [6, 6.07) is 3.11. The maximum atomic E-state index is 11.5. The molecule has 19 heavy (non-hydrogen) atoms. The molecular formula is C13H16N2O4. The topological polar surface area (TPSA) is 79.7 Å². The summed E-state index contributed by atoms with van der Waals surface area (Å²) < 4.78 is 4.64. The molecule has 6 nitrogen and oxygen atoms in total. The van der Waals surface area contributed by atoms with Crippen LogP contribution < -0.4 is 4.90 Å². The molecule has 0 spiro atoms. The van der Waals surface area contributed by atoms with Gasteiger partial charge >= 0.3 is 11.9 Å². The number of anilines is 1. The lowest BCUT2D eigenvalue weighted by atomic mass is 10.2. The van der Waals surface area contributed by atoms with Crippen molar-refractivity contribution in [2.75, 3.05) is 25.1 Å². The highest BCUT2D eigenvalue weighted by Gasteiger charge is 2.26. The molecule has 1 aromatic rings. The van der Waals surface area contributed by atoms with E-state index in [1.54, 1.807) is 17.0 Å². The Hall–Kier alpha value is -2.11. The second-order valence-electron chi connectivity index (χ2n) is 4.61. The SMILES string of the molecule is COC(=O)c1ccnc(N(CC(=O)O)CC2CC2)c1. The zero-order chi connectivity index (χ0) is 13.8. The first-order valence-corrected chi connectivity index (χ1v) is 6.11. The molecule has 0 unspecified atom stereocenters. The standard InChI is InChI=1S/C13H16N2O4/c1-19-13(18)10-4-5-14-11(6-10)15(8-12(16)17)7-9-2-3-9/h4-6,9H,2-3,7-8H2,1H3,(H,16,17). The van der Waals surface area contributed by atoms with Crippen molar-refractivity contribution < 1.29 is 19.4 Å². The summed E-state index contributed by atoms with van der Waals surface area (Å²) in [5.41, 5.74) is 0.374. The quantitative estimate of drug-likeness (QED) is 0.777. The summed E-state index contributed by atoms with van der Waals surface area (Å²) in [6.07, 6.45) is 3.73. The number of aromatic nitrogens is 1. The lowest BCUT2D eigenvalue weighted by molar-refractivity contribution is -0.135. The molecule has 2 rings (SSSR count). The zero-order valence-electron chi connectivity index (χ0n) is 10.7. The van der Waals surface area contributed by atoms with E-state index in [0.29, 0.717) is 23.8 Å². The molecule has 0 amide bonds. The smallest absolute Gasteiger partial charge is 0.338 e. The van der Waals surface area contributed by atoms with Crippen molar-refractivity contribution in [3.63, 3.8) is 0 Å². The van der Waals surface area contributed by atoms with Crippen LogP contribution in [-0.2, 0) is 9.53 Å². The van der Waals surface area contributed by atoms with Crippen LogP contribution in [0.5, 0.6) is 0 Å². The molecule has 0 aliphatic heterocycles. The number of pyridine rings is 1. The lowest BCUT2D eigenvalue weighted by Gasteiger charge is -2.21. The molecular weight excluding hydrogens is 248 g/mol. The number of carbonyl (C=O) groups excluding carboxylic acids is 1. The van der Waals surface area contributed by atoms with E-state index >= 15 is 0 Å². The van der Waals surface area contributed by atoms with Gasteiger partial charge in [-0.3, -0.25) is 4.79 Å². The molecule has 0 radical (unpaired) electrons. The van der Waals surface area contributed by atoms with E-state index in [9.17, 15) is 9.59 Å². The highest BCUT2D eigenvalue weighted by molar-refractivity contribution is 5.90. The molecule has 1 N–H and O–H groups in total. The fourth-order valence-electron chi connectivity index (χ4n) is 1.85. The van der Waals surface area contributed by atoms with Gasteiger partial charge in [-0.05, 0) is 30.9 Å². The Morgan fingerprint density at radius 2 is 2.26 bits per heavy atom. The first kappa shape index (κ1) is 13.3. The van der Waals surface area contributed by atoms with Gasteiger partial charge in [-0.15, -0.1) is 0 Å². The Morgan fingerprint density at radius 1 is 1.53 bits per heavy atom. The van der Waals surface area contributed by atoms with Crippen LogP contribution in [0.25, 0.3) is 0 Å². The van der Waals surface area contributed by atoms with Crippen molar-refractivity contribution in [3.05, 3.63) is 23.9 Å². The van der Waals surface area contributed by atoms with E-state index in [1.165, 1.54) is 13.3 Å². The lowest BCUT2D eigenvalue weighted by Crippen LogP contribution is -2.32. The average Bonchev–Trinajstić information content (AvgIpc) is 3.20. The van der Waals surface area contributed by atoms with Gasteiger partial charge in [0, 0.05) is 12.7 Å². The Kier molecular flexibility index (Phi) is 3.99. The summed E-state index contributed by atoms with van der Waals surface area (Å²) in [4.78, 5) is 28.2. The third-order valence-corrected chi connectivity index (χ3v) is 2.99. The van der Waals surface area contributed by atoms with Crippen LogP contribution in [0, 0.1) is 5.92 Å². The second-order valence-corrected chi connectivity index (χ2v) is 4.61. The van der Waals surface area contributed by atoms with Gasteiger partial charge in [-0.25, -0.2) is 9.78 Å². The maximum Gasteiger partial charge on any atom is 0.338 e.